The van der Waals surface area contributed by atoms with E-state index in [0.29, 0.717) is 28.2 Å². The first-order valence-corrected chi connectivity index (χ1v) is 10.9. The summed E-state index contributed by atoms with van der Waals surface area (Å²) < 4.78 is 9.28. The Morgan fingerprint density at radius 2 is 1.87 bits per heavy atom. The molecule has 8 nitrogen and oxygen atoms in total. The monoisotopic (exact) mass is 481 g/mol. The summed E-state index contributed by atoms with van der Waals surface area (Å²) in [5.74, 6) is 0.493. The van der Waals surface area contributed by atoms with E-state index < -0.39 is 12.0 Å². The molecule has 1 unspecified atom stereocenters. The number of hydrogen-bond acceptors (Lipinski definition) is 6. The van der Waals surface area contributed by atoms with Gasteiger partial charge in [0, 0.05) is 17.6 Å². The Labute approximate surface area is 186 Å². The van der Waals surface area contributed by atoms with Crippen molar-refractivity contribution in [2.45, 2.75) is 18.9 Å². The molecule has 0 N–H and O–H groups in total. The Kier molecular flexibility index (Phi) is 4.97. The number of hydrogen-bond donors (Lipinski definition) is 0. The van der Waals surface area contributed by atoms with Gasteiger partial charge in [-0.1, -0.05) is 46.3 Å². The zero-order valence-corrected chi connectivity index (χ0v) is 18.4. The van der Waals surface area contributed by atoms with Gasteiger partial charge in [-0.25, -0.2) is 13.9 Å². The highest BCUT2D eigenvalue weighted by Crippen LogP contribution is 2.29. The van der Waals surface area contributed by atoms with E-state index in [1.807, 2.05) is 46.9 Å². The van der Waals surface area contributed by atoms with Gasteiger partial charge in [-0.3, -0.25) is 4.79 Å². The van der Waals surface area contributed by atoms with Crippen LogP contribution in [0.1, 0.15) is 24.4 Å². The van der Waals surface area contributed by atoms with Gasteiger partial charge < -0.3 is 9.64 Å². The summed E-state index contributed by atoms with van der Waals surface area (Å²) in [7, 11) is 1.35. The zero-order chi connectivity index (χ0) is 21.5. The summed E-state index contributed by atoms with van der Waals surface area (Å²) in [6.07, 6.45) is 2.12. The topological polar surface area (TPSA) is 81.7 Å². The fraction of sp³-hybridized carbons (Fsp3) is 0.273. The van der Waals surface area contributed by atoms with Gasteiger partial charge in [0.05, 0.1) is 18.0 Å². The molecule has 1 aliphatic heterocycles. The molecule has 0 amide bonds. The van der Waals surface area contributed by atoms with E-state index in [-0.39, 0.29) is 5.56 Å². The van der Waals surface area contributed by atoms with Crippen LogP contribution in [0.5, 0.6) is 0 Å². The van der Waals surface area contributed by atoms with Gasteiger partial charge >= 0.3 is 5.97 Å². The highest BCUT2D eigenvalue weighted by atomic mass is 79.9. The average Bonchev–Trinajstić information content (AvgIpc) is 3.43. The van der Waals surface area contributed by atoms with Crippen molar-refractivity contribution >= 4 is 44.5 Å². The van der Waals surface area contributed by atoms with Gasteiger partial charge in [0.2, 0.25) is 11.7 Å². The van der Waals surface area contributed by atoms with Crippen LogP contribution in [-0.4, -0.2) is 45.3 Å². The smallest absolute Gasteiger partial charge is 0.335 e. The minimum atomic E-state index is -0.864. The number of esters is 1. The van der Waals surface area contributed by atoms with Crippen LogP contribution in [0.2, 0.25) is 0 Å². The van der Waals surface area contributed by atoms with E-state index >= 15 is 0 Å². The molecule has 5 rings (SSSR count). The fourth-order valence-corrected chi connectivity index (χ4v) is 4.50. The summed E-state index contributed by atoms with van der Waals surface area (Å²) in [4.78, 5) is 32.3. The van der Waals surface area contributed by atoms with Crippen molar-refractivity contribution in [1.82, 2.24) is 19.2 Å². The summed E-state index contributed by atoms with van der Waals surface area (Å²) in [6, 6.07) is 13.9. The molecular weight excluding hydrogens is 462 g/mol. The first-order valence-electron chi connectivity index (χ1n) is 10.1. The summed E-state index contributed by atoms with van der Waals surface area (Å²) in [5.41, 5.74) is 1.03. The Bertz CT molecular complexity index is 1340. The number of nitrogens with zero attached hydrogens (tertiary/aromatic N) is 5. The number of carbonyl (C=O) groups excluding carboxylic acids is 1. The molecule has 0 saturated carbocycles. The largest absolute Gasteiger partial charge is 0.467 e. The SMILES string of the molecule is COC(=O)C(c1ccccc1)n1nc(N2CCCC2)n2c3ccc(Br)cc3c(=O)nc12. The van der Waals surface area contributed by atoms with E-state index in [9.17, 15) is 9.59 Å². The molecule has 158 valence electrons. The van der Waals surface area contributed by atoms with Crippen LogP contribution in [0.15, 0.2) is 57.8 Å². The second kappa shape index (κ2) is 7.81. The number of rotatable bonds is 4. The van der Waals surface area contributed by atoms with E-state index in [1.54, 1.807) is 6.07 Å². The second-order valence-electron chi connectivity index (χ2n) is 7.49. The minimum absolute atomic E-state index is 0.306. The summed E-state index contributed by atoms with van der Waals surface area (Å²) in [6.45, 7) is 1.70. The lowest BCUT2D eigenvalue weighted by molar-refractivity contribution is -0.143. The third-order valence-corrected chi connectivity index (χ3v) is 6.10. The van der Waals surface area contributed by atoms with Gasteiger partial charge in [0.1, 0.15) is 0 Å². The first-order chi connectivity index (χ1) is 15.1. The van der Waals surface area contributed by atoms with Crippen LogP contribution in [-0.2, 0) is 9.53 Å². The number of carbonyl (C=O) groups is 1. The Morgan fingerprint density at radius 1 is 1.13 bits per heavy atom. The number of fused-ring (bicyclic) bond motifs is 3. The molecule has 1 atom stereocenters. The molecule has 1 saturated heterocycles. The van der Waals surface area contributed by atoms with Crippen LogP contribution in [0, 0.1) is 0 Å². The molecule has 0 aliphatic carbocycles. The third kappa shape index (κ3) is 3.29. The molecule has 0 radical (unpaired) electrons. The lowest BCUT2D eigenvalue weighted by atomic mass is 10.1. The van der Waals surface area contributed by atoms with E-state index in [1.165, 1.54) is 11.8 Å². The Morgan fingerprint density at radius 3 is 2.58 bits per heavy atom. The van der Waals surface area contributed by atoms with Gasteiger partial charge in [-0.2, -0.15) is 4.98 Å². The normalized spacial score (nSPS) is 15.0. The highest BCUT2D eigenvalue weighted by Gasteiger charge is 2.31. The number of ether oxygens (including phenoxy) is 1. The maximum atomic E-state index is 12.9. The van der Waals surface area contributed by atoms with E-state index in [4.69, 9.17) is 9.84 Å². The standard InChI is InChI=1S/C22H20BrN5O3/c1-31-20(30)18(14-7-3-2-4-8-14)28-21-24-19(29)16-13-15(23)9-10-17(16)27(21)22(25-28)26-11-5-6-12-26/h2-4,7-10,13,18H,5-6,11-12H2,1H3. The Balaban J connectivity index is 1.86. The van der Waals surface area contributed by atoms with Crippen LogP contribution in [0.3, 0.4) is 0 Å². The van der Waals surface area contributed by atoms with Crippen molar-refractivity contribution in [3.63, 3.8) is 0 Å². The number of methoxy groups -OCH3 is 1. The Hall–Kier alpha value is -3.20. The lowest BCUT2D eigenvalue weighted by Crippen LogP contribution is -2.25. The van der Waals surface area contributed by atoms with E-state index in [2.05, 4.69) is 25.8 Å². The summed E-state index contributed by atoms with van der Waals surface area (Å²) in [5, 5.41) is 5.31. The fourth-order valence-electron chi connectivity index (χ4n) is 4.14. The minimum Gasteiger partial charge on any atom is -0.467 e. The van der Waals surface area contributed by atoms with Crippen molar-refractivity contribution in [2.24, 2.45) is 0 Å². The number of aromatic nitrogens is 4. The molecule has 4 aromatic rings. The quantitative estimate of drug-likeness (QED) is 0.416. The number of halogens is 1. The van der Waals surface area contributed by atoms with Crippen molar-refractivity contribution in [2.75, 3.05) is 25.1 Å². The number of benzene rings is 2. The molecular formula is C22H20BrN5O3. The highest BCUT2D eigenvalue weighted by molar-refractivity contribution is 9.10. The van der Waals surface area contributed by atoms with Crippen LogP contribution in [0.4, 0.5) is 5.95 Å². The molecule has 1 aliphatic rings. The van der Waals surface area contributed by atoms with Gasteiger partial charge in [-0.15, -0.1) is 5.10 Å². The van der Waals surface area contributed by atoms with Crippen molar-refractivity contribution in [3.05, 3.63) is 68.9 Å². The molecule has 0 spiro atoms. The third-order valence-electron chi connectivity index (χ3n) is 5.61. The predicted octanol–water partition coefficient (Wildman–Crippen LogP) is 3.17. The van der Waals surface area contributed by atoms with Crippen LogP contribution in [0.25, 0.3) is 16.7 Å². The lowest BCUT2D eigenvalue weighted by Gasteiger charge is -2.16. The molecule has 2 aromatic heterocycles. The van der Waals surface area contributed by atoms with Crippen LogP contribution < -0.4 is 10.5 Å². The molecule has 31 heavy (non-hydrogen) atoms. The van der Waals surface area contributed by atoms with Crippen molar-refractivity contribution < 1.29 is 9.53 Å². The maximum absolute atomic E-state index is 12.9. The van der Waals surface area contributed by atoms with E-state index in [0.717, 1.165) is 30.4 Å². The molecule has 9 heteroatoms. The average molecular weight is 482 g/mol. The van der Waals surface area contributed by atoms with Crippen molar-refractivity contribution in [1.29, 1.82) is 0 Å². The first kappa shape index (κ1) is 19.7. The van der Waals surface area contributed by atoms with Gasteiger partial charge in [0.25, 0.3) is 5.56 Å². The van der Waals surface area contributed by atoms with Crippen LogP contribution >= 0.6 is 15.9 Å². The predicted molar refractivity (Wildman–Crippen MR) is 120 cm³/mol. The van der Waals surface area contributed by atoms with Crippen molar-refractivity contribution in [3.8, 4) is 0 Å². The molecule has 2 aromatic carbocycles. The van der Waals surface area contributed by atoms with Gasteiger partial charge in [0.15, 0.2) is 6.04 Å². The molecule has 1 fully saturated rings. The second-order valence-corrected chi connectivity index (χ2v) is 8.40. The molecule has 3 heterocycles. The molecule has 0 bridgehead atoms. The summed E-state index contributed by atoms with van der Waals surface area (Å²) >= 11 is 3.43. The maximum Gasteiger partial charge on any atom is 0.335 e. The van der Waals surface area contributed by atoms with Gasteiger partial charge in [-0.05, 0) is 36.6 Å². The zero-order valence-electron chi connectivity index (χ0n) is 16.9. The number of anilines is 1.